The molecule has 0 bridgehead atoms. The molecule has 0 saturated heterocycles. The topological polar surface area (TPSA) is 59.0 Å². The smallest absolute Gasteiger partial charge is 0.148 e. The highest BCUT2D eigenvalue weighted by atomic mass is 32.1. The quantitative estimate of drug-likeness (QED) is 0.937. The van der Waals surface area contributed by atoms with Gasteiger partial charge in [0.2, 0.25) is 0 Å². The molecule has 0 amide bonds. The van der Waals surface area contributed by atoms with E-state index in [0.29, 0.717) is 0 Å². The zero-order valence-corrected chi connectivity index (χ0v) is 12.1. The first-order valence-electron chi connectivity index (χ1n) is 6.20. The van der Waals surface area contributed by atoms with Crippen LogP contribution in [0.1, 0.15) is 28.3 Å². The van der Waals surface area contributed by atoms with Crippen molar-refractivity contribution in [1.29, 1.82) is 5.26 Å². The van der Waals surface area contributed by atoms with Gasteiger partial charge in [-0.05, 0) is 38.1 Å². The Morgan fingerprint density at radius 1 is 1.35 bits per heavy atom. The summed E-state index contributed by atoms with van der Waals surface area (Å²) in [6.07, 6.45) is -0.400. The maximum absolute atomic E-state index is 13.6. The number of thiophene rings is 1. The van der Waals surface area contributed by atoms with E-state index in [2.05, 4.69) is 0 Å². The van der Waals surface area contributed by atoms with Crippen molar-refractivity contribution >= 4 is 11.3 Å². The Morgan fingerprint density at radius 2 is 2.10 bits per heavy atom. The fourth-order valence-electron chi connectivity index (χ4n) is 1.88. The number of ether oxygens (including phenoxy) is 1. The van der Waals surface area contributed by atoms with Crippen molar-refractivity contribution in [2.75, 3.05) is 0 Å². The average molecular weight is 290 g/mol. The number of nitriles is 1. The van der Waals surface area contributed by atoms with Crippen molar-refractivity contribution in [3.8, 4) is 11.8 Å². The third-order valence-corrected chi connectivity index (χ3v) is 3.92. The maximum Gasteiger partial charge on any atom is 0.148 e. The lowest BCUT2D eigenvalue weighted by atomic mass is 10.1. The zero-order chi connectivity index (χ0) is 14.7. The van der Waals surface area contributed by atoms with Gasteiger partial charge in [-0.2, -0.15) is 5.26 Å². The number of nitrogens with zero attached hydrogens (tertiary/aromatic N) is 1. The molecule has 1 heterocycles. The molecule has 0 fully saturated rings. The summed E-state index contributed by atoms with van der Waals surface area (Å²) in [6, 6.07) is 9.81. The molecule has 0 saturated carbocycles. The van der Waals surface area contributed by atoms with Crippen molar-refractivity contribution in [2.24, 2.45) is 5.73 Å². The highest BCUT2D eigenvalue weighted by Gasteiger charge is 2.22. The normalized spacial score (nSPS) is 13.6. The second-order valence-corrected chi connectivity index (χ2v) is 5.89. The Morgan fingerprint density at radius 3 is 2.65 bits per heavy atom. The van der Waals surface area contributed by atoms with Crippen molar-refractivity contribution < 1.29 is 9.13 Å². The van der Waals surface area contributed by atoms with E-state index in [0.717, 1.165) is 9.75 Å². The summed E-state index contributed by atoms with van der Waals surface area (Å²) in [7, 11) is 0. The highest BCUT2D eigenvalue weighted by molar-refractivity contribution is 7.12. The van der Waals surface area contributed by atoms with Gasteiger partial charge in [-0.3, -0.25) is 0 Å². The predicted octanol–water partition coefficient (Wildman–Crippen LogP) is 3.53. The summed E-state index contributed by atoms with van der Waals surface area (Å²) in [5, 5.41) is 9.03. The fraction of sp³-hybridized carbons (Fsp3) is 0.267. The number of hydrogen-bond acceptors (Lipinski definition) is 4. The van der Waals surface area contributed by atoms with Crippen molar-refractivity contribution in [3.05, 3.63) is 51.5 Å². The van der Waals surface area contributed by atoms with Crippen molar-refractivity contribution in [3.63, 3.8) is 0 Å². The number of rotatable bonds is 4. The van der Waals surface area contributed by atoms with E-state index in [1.807, 2.05) is 32.0 Å². The summed E-state index contributed by atoms with van der Waals surface area (Å²) in [4.78, 5) is 2.11. The number of halogens is 1. The zero-order valence-electron chi connectivity index (χ0n) is 11.3. The molecular weight excluding hydrogens is 275 g/mol. The van der Waals surface area contributed by atoms with E-state index in [4.69, 9.17) is 15.7 Å². The molecule has 104 valence electrons. The molecule has 0 aliphatic rings. The van der Waals surface area contributed by atoms with E-state index in [-0.39, 0.29) is 17.4 Å². The van der Waals surface area contributed by atoms with Crippen LogP contribution in [0.5, 0.6) is 5.75 Å². The number of hydrogen-bond donors (Lipinski definition) is 1. The lowest BCUT2D eigenvalue weighted by molar-refractivity contribution is 0.183. The molecule has 0 spiro atoms. The standard InChI is InChI=1S/C15H15FN2OS/c1-9-6-7-14(20-9)15(10(2)18)19-13-5-3-4-12(16)11(13)8-17/h3-7,10,15H,18H2,1-2H3. The lowest BCUT2D eigenvalue weighted by Gasteiger charge is -2.22. The number of nitrogens with two attached hydrogens (primary N) is 1. The van der Waals surface area contributed by atoms with E-state index in [1.54, 1.807) is 17.4 Å². The Hall–Kier alpha value is -1.90. The molecule has 2 N–H and O–H groups in total. The van der Waals surface area contributed by atoms with Gasteiger partial charge in [0.25, 0.3) is 0 Å². The van der Waals surface area contributed by atoms with E-state index >= 15 is 0 Å². The van der Waals surface area contributed by atoms with Crippen LogP contribution in [0.25, 0.3) is 0 Å². The van der Waals surface area contributed by atoms with Crippen LogP contribution in [-0.4, -0.2) is 6.04 Å². The SMILES string of the molecule is Cc1ccc(C(Oc2cccc(F)c2C#N)C(C)N)s1. The second-order valence-electron chi connectivity index (χ2n) is 4.57. The predicted molar refractivity (Wildman–Crippen MR) is 77.2 cm³/mol. The minimum Gasteiger partial charge on any atom is -0.482 e. The molecule has 2 atom stereocenters. The Bertz CT molecular complexity index is 646. The summed E-state index contributed by atoms with van der Waals surface area (Å²) in [5.41, 5.74) is 5.87. The summed E-state index contributed by atoms with van der Waals surface area (Å²) in [6.45, 7) is 3.82. The molecule has 1 aromatic carbocycles. The number of benzene rings is 1. The largest absolute Gasteiger partial charge is 0.482 e. The second kappa shape index (κ2) is 6.04. The molecule has 2 rings (SSSR count). The van der Waals surface area contributed by atoms with Gasteiger partial charge in [0, 0.05) is 15.8 Å². The van der Waals surface area contributed by atoms with Crippen LogP contribution in [-0.2, 0) is 0 Å². The van der Waals surface area contributed by atoms with Crippen LogP contribution in [0.15, 0.2) is 30.3 Å². The first-order valence-corrected chi connectivity index (χ1v) is 7.01. The first kappa shape index (κ1) is 14.5. The Labute approximate surface area is 121 Å². The van der Waals surface area contributed by atoms with Gasteiger partial charge in [-0.25, -0.2) is 4.39 Å². The van der Waals surface area contributed by atoms with Gasteiger partial charge in [0.05, 0.1) is 0 Å². The Balaban J connectivity index is 2.35. The fourth-order valence-corrected chi connectivity index (χ4v) is 2.90. The molecular formula is C15H15FN2OS. The minimum atomic E-state index is -0.587. The van der Waals surface area contributed by atoms with Crippen LogP contribution >= 0.6 is 11.3 Å². The van der Waals surface area contributed by atoms with Gasteiger partial charge in [-0.15, -0.1) is 11.3 Å². The highest BCUT2D eigenvalue weighted by Crippen LogP contribution is 2.31. The lowest BCUT2D eigenvalue weighted by Crippen LogP contribution is -2.28. The van der Waals surface area contributed by atoms with Gasteiger partial charge < -0.3 is 10.5 Å². The molecule has 5 heteroatoms. The first-order chi connectivity index (χ1) is 9.52. The molecule has 0 aliphatic heterocycles. The van der Waals surface area contributed by atoms with E-state index in [9.17, 15) is 4.39 Å². The van der Waals surface area contributed by atoms with Gasteiger partial charge in [0.15, 0.2) is 0 Å². The monoisotopic (exact) mass is 290 g/mol. The van der Waals surface area contributed by atoms with Crippen LogP contribution in [0.2, 0.25) is 0 Å². The average Bonchev–Trinajstić information content (AvgIpc) is 2.82. The minimum absolute atomic E-state index is 0.0913. The third-order valence-electron chi connectivity index (χ3n) is 2.86. The molecule has 2 aromatic rings. The molecule has 20 heavy (non-hydrogen) atoms. The molecule has 1 aromatic heterocycles. The van der Waals surface area contributed by atoms with E-state index in [1.165, 1.54) is 12.1 Å². The van der Waals surface area contributed by atoms with E-state index < -0.39 is 11.9 Å². The van der Waals surface area contributed by atoms with Crippen LogP contribution in [0, 0.1) is 24.1 Å². The Kier molecular flexibility index (Phi) is 4.38. The van der Waals surface area contributed by atoms with Crippen LogP contribution in [0.3, 0.4) is 0 Å². The van der Waals surface area contributed by atoms with Crippen molar-refractivity contribution in [1.82, 2.24) is 0 Å². The summed E-state index contributed by atoms with van der Waals surface area (Å²) >= 11 is 1.58. The third kappa shape index (κ3) is 2.98. The van der Waals surface area contributed by atoms with Crippen LogP contribution < -0.4 is 10.5 Å². The van der Waals surface area contributed by atoms with Gasteiger partial charge in [0.1, 0.15) is 29.3 Å². The van der Waals surface area contributed by atoms with Gasteiger partial charge in [-0.1, -0.05) is 6.07 Å². The maximum atomic E-state index is 13.6. The molecule has 0 aliphatic carbocycles. The van der Waals surface area contributed by atoms with Gasteiger partial charge >= 0.3 is 0 Å². The number of aryl methyl sites for hydroxylation is 1. The molecule has 2 unspecified atom stereocenters. The molecule has 3 nitrogen and oxygen atoms in total. The molecule has 0 radical (unpaired) electrons. The summed E-state index contributed by atoms with van der Waals surface area (Å²) < 4.78 is 19.4. The van der Waals surface area contributed by atoms with Crippen molar-refractivity contribution in [2.45, 2.75) is 26.0 Å². The van der Waals surface area contributed by atoms with Crippen LogP contribution in [0.4, 0.5) is 4.39 Å². The summed E-state index contributed by atoms with van der Waals surface area (Å²) in [5.74, 6) is -0.364.